The number of benzene rings is 1. The van der Waals surface area contributed by atoms with Crippen molar-refractivity contribution in [1.29, 1.82) is 0 Å². The van der Waals surface area contributed by atoms with Crippen molar-refractivity contribution < 1.29 is 18.4 Å². The summed E-state index contributed by atoms with van der Waals surface area (Å²) in [7, 11) is 0. The lowest BCUT2D eigenvalue weighted by Crippen LogP contribution is -2.47. The first-order valence-electron chi connectivity index (χ1n) is 4.28. The Morgan fingerprint density at radius 1 is 1.27 bits per heavy atom. The minimum absolute atomic E-state index is 0.109. The minimum atomic E-state index is -3.63. The van der Waals surface area contributed by atoms with E-state index in [0.29, 0.717) is 5.56 Å². The number of carbonyl (C=O) groups is 2. The van der Waals surface area contributed by atoms with Crippen molar-refractivity contribution >= 4 is 11.8 Å². The SMILES string of the molecule is Cc1cccc2c1C(=O)NC(=O)C2(F)F. The van der Waals surface area contributed by atoms with Gasteiger partial charge in [-0.3, -0.25) is 14.9 Å². The Kier molecular flexibility index (Phi) is 1.86. The lowest BCUT2D eigenvalue weighted by Gasteiger charge is -2.24. The predicted octanol–water partition coefficient (Wildman–Crippen LogP) is 1.36. The molecule has 1 heterocycles. The number of aryl methyl sites for hydroxylation is 1. The van der Waals surface area contributed by atoms with Crippen molar-refractivity contribution in [3.63, 3.8) is 0 Å². The van der Waals surface area contributed by atoms with Crippen LogP contribution >= 0.6 is 0 Å². The maximum Gasteiger partial charge on any atom is 0.350 e. The number of hydrogen-bond acceptors (Lipinski definition) is 2. The lowest BCUT2D eigenvalue weighted by atomic mass is 9.93. The van der Waals surface area contributed by atoms with Gasteiger partial charge in [0.1, 0.15) is 0 Å². The molecule has 0 radical (unpaired) electrons. The topological polar surface area (TPSA) is 46.2 Å². The summed E-state index contributed by atoms with van der Waals surface area (Å²) in [4.78, 5) is 22.3. The maximum absolute atomic E-state index is 13.4. The third-order valence-corrected chi connectivity index (χ3v) is 2.35. The quantitative estimate of drug-likeness (QED) is 0.658. The standard InChI is InChI=1S/C10H7F2NO2/c1-5-3-2-4-6-7(5)8(14)13-9(15)10(6,11)12/h2-4H,1H3,(H,13,14,15). The summed E-state index contributed by atoms with van der Waals surface area (Å²) >= 11 is 0. The highest BCUT2D eigenvalue weighted by Gasteiger charge is 2.48. The molecule has 0 fully saturated rings. The largest absolute Gasteiger partial charge is 0.350 e. The van der Waals surface area contributed by atoms with Crippen molar-refractivity contribution in [3.8, 4) is 0 Å². The molecule has 78 valence electrons. The van der Waals surface area contributed by atoms with Crippen LogP contribution in [0.15, 0.2) is 18.2 Å². The number of amides is 2. The number of alkyl halides is 2. The van der Waals surface area contributed by atoms with Crippen LogP contribution in [0.1, 0.15) is 21.5 Å². The van der Waals surface area contributed by atoms with Crippen LogP contribution in [0.3, 0.4) is 0 Å². The number of fused-ring (bicyclic) bond motifs is 1. The van der Waals surface area contributed by atoms with Gasteiger partial charge >= 0.3 is 11.8 Å². The van der Waals surface area contributed by atoms with Crippen LogP contribution in [0.25, 0.3) is 0 Å². The molecule has 1 aliphatic heterocycles. The molecular weight excluding hydrogens is 204 g/mol. The number of rotatable bonds is 0. The molecule has 1 aromatic rings. The Morgan fingerprint density at radius 3 is 2.60 bits per heavy atom. The van der Waals surface area contributed by atoms with Gasteiger partial charge in [0, 0.05) is 5.56 Å². The van der Waals surface area contributed by atoms with Crippen molar-refractivity contribution in [1.82, 2.24) is 5.32 Å². The van der Waals surface area contributed by atoms with Gasteiger partial charge in [0.15, 0.2) is 0 Å². The highest BCUT2D eigenvalue weighted by Crippen LogP contribution is 2.35. The molecule has 2 rings (SSSR count). The third-order valence-electron chi connectivity index (χ3n) is 2.35. The van der Waals surface area contributed by atoms with Crippen LogP contribution < -0.4 is 5.32 Å². The molecule has 3 nitrogen and oxygen atoms in total. The zero-order valence-corrected chi connectivity index (χ0v) is 7.80. The molecule has 0 spiro atoms. The van der Waals surface area contributed by atoms with Crippen LogP contribution in [0.5, 0.6) is 0 Å². The van der Waals surface area contributed by atoms with Crippen molar-refractivity contribution in [3.05, 3.63) is 34.9 Å². The van der Waals surface area contributed by atoms with Gasteiger partial charge in [-0.25, -0.2) is 0 Å². The summed E-state index contributed by atoms with van der Waals surface area (Å²) in [6, 6.07) is 4.04. The van der Waals surface area contributed by atoms with Gasteiger partial charge in [-0.05, 0) is 12.5 Å². The second-order valence-electron chi connectivity index (χ2n) is 3.36. The van der Waals surface area contributed by atoms with E-state index >= 15 is 0 Å². The number of halogens is 2. The molecule has 0 atom stereocenters. The van der Waals surface area contributed by atoms with Gasteiger partial charge in [-0.15, -0.1) is 0 Å². The summed E-state index contributed by atoms with van der Waals surface area (Å²) < 4.78 is 26.8. The van der Waals surface area contributed by atoms with Crippen molar-refractivity contribution in [2.75, 3.05) is 0 Å². The Balaban J connectivity index is 2.75. The number of nitrogens with one attached hydrogen (secondary N) is 1. The number of hydrogen-bond donors (Lipinski definition) is 1. The van der Waals surface area contributed by atoms with E-state index in [1.54, 1.807) is 18.3 Å². The Bertz CT molecular complexity index is 468. The molecule has 2 amide bonds. The van der Waals surface area contributed by atoms with Crippen LogP contribution in [0.4, 0.5) is 8.78 Å². The second-order valence-corrected chi connectivity index (χ2v) is 3.36. The van der Waals surface area contributed by atoms with E-state index in [0.717, 1.165) is 6.07 Å². The van der Waals surface area contributed by atoms with Gasteiger partial charge in [0.25, 0.3) is 5.91 Å². The van der Waals surface area contributed by atoms with Crippen molar-refractivity contribution in [2.45, 2.75) is 12.8 Å². The first-order valence-corrected chi connectivity index (χ1v) is 4.28. The predicted molar refractivity (Wildman–Crippen MR) is 47.5 cm³/mol. The Morgan fingerprint density at radius 2 is 1.93 bits per heavy atom. The molecule has 0 saturated carbocycles. The average molecular weight is 211 g/mol. The van der Waals surface area contributed by atoms with Crippen LogP contribution in [0.2, 0.25) is 0 Å². The van der Waals surface area contributed by atoms with Crippen LogP contribution in [0, 0.1) is 6.92 Å². The molecule has 0 aliphatic carbocycles. The van der Waals surface area contributed by atoms with E-state index in [4.69, 9.17) is 0 Å². The smallest absolute Gasteiger partial charge is 0.287 e. The zero-order valence-electron chi connectivity index (χ0n) is 7.80. The molecule has 0 aromatic heterocycles. The Hall–Kier alpha value is -1.78. The summed E-state index contributed by atoms with van der Waals surface area (Å²) in [6.45, 7) is 1.55. The molecule has 5 heteroatoms. The first-order chi connectivity index (χ1) is 6.94. The molecule has 1 aromatic carbocycles. The maximum atomic E-state index is 13.4. The van der Waals surface area contributed by atoms with Gasteiger partial charge in [0.2, 0.25) is 0 Å². The molecule has 0 unspecified atom stereocenters. The lowest BCUT2D eigenvalue weighted by molar-refractivity contribution is -0.146. The monoisotopic (exact) mass is 211 g/mol. The van der Waals surface area contributed by atoms with Gasteiger partial charge in [-0.1, -0.05) is 18.2 Å². The van der Waals surface area contributed by atoms with Crippen LogP contribution in [-0.4, -0.2) is 11.8 Å². The van der Waals surface area contributed by atoms with E-state index in [1.165, 1.54) is 6.07 Å². The van der Waals surface area contributed by atoms with Crippen molar-refractivity contribution in [2.24, 2.45) is 0 Å². The summed E-state index contributed by atoms with van der Waals surface area (Å²) in [5.74, 6) is -5.96. The fourth-order valence-corrected chi connectivity index (χ4v) is 1.60. The molecule has 1 aliphatic rings. The van der Waals surface area contributed by atoms with Gasteiger partial charge < -0.3 is 0 Å². The summed E-state index contributed by atoms with van der Waals surface area (Å²) in [5.41, 5.74) is -0.199. The fourth-order valence-electron chi connectivity index (χ4n) is 1.60. The number of carbonyl (C=O) groups excluding carboxylic acids is 2. The summed E-state index contributed by atoms with van der Waals surface area (Å²) in [5, 5.41) is 1.64. The molecular formula is C10H7F2NO2. The minimum Gasteiger partial charge on any atom is -0.287 e. The summed E-state index contributed by atoms with van der Waals surface area (Å²) in [6.07, 6.45) is 0. The fraction of sp³-hybridized carbons (Fsp3) is 0.200. The van der Waals surface area contributed by atoms with E-state index in [1.807, 2.05) is 0 Å². The second kappa shape index (κ2) is 2.85. The van der Waals surface area contributed by atoms with Gasteiger partial charge in [0.05, 0.1) is 5.56 Å². The zero-order chi connectivity index (χ0) is 11.2. The Labute approximate surface area is 84.1 Å². The van der Waals surface area contributed by atoms with E-state index in [-0.39, 0.29) is 5.56 Å². The van der Waals surface area contributed by atoms with Gasteiger partial charge in [-0.2, -0.15) is 8.78 Å². The molecule has 0 saturated heterocycles. The highest BCUT2D eigenvalue weighted by molar-refractivity contribution is 6.12. The first kappa shape index (κ1) is 9.76. The number of imide groups is 1. The average Bonchev–Trinajstić information content (AvgIpc) is 2.15. The molecule has 1 N–H and O–H groups in total. The molecule has 15 heavy (non-hydrogen) atoms. The van der Waals surface area contributed by atoms with E-state index in [2.05, 4.69) is 0 Å². The van der Waals surface area contributed by atoms with E-state index in [9.17, 15) is 18.4 Å². The van der Waals surface area contributed by atoms with E-state index < -0.39 is 23.3 Å². The molecule has 0 bridgehead atoms. The third kappa shape index (κ3) is 1.23. The van der Waals surface area contributed by atoms with Crippen LogP contribution in [-0.2, 0) is 10.7 Å². The normalized spacial score (nSPS) is 18.3. The highest BCUT2D eigenvalue weighted by atomic mass is 19.3.